The van der Waals surface area contributed by atoms with E-state index in [1.54, 1.807) is 6.07 Å². The van der Waals surface area contributed by atoms with Crippen molar-refractivity contribution in [2.45, 2.75) is 6.92 Å². The van der Waals surface area contributed by atoms with E-state index in [-0.39, 0.29) is 5.75 Å². The van der Waals surface area contributed by atoms with Crippen molar-refractivity contribution in [3.05, 3.63) is 54.4 Å². The van der Waals surface area contributed by atoms with Gasteiger partial charge in [0.1, 0.15) is 17.9 Å². The van der Waals surface area contributed by atoms with E-state index in [2.05, 4.69) is 15.3 Å². The summed E-state index contributed by atoms with van der Waals surface area (Å²) < 4.78 is 0. The molecule has 0 atom stereocenters. The standard InChI is InChI=1S/C15H13N3O/c1-10-7-12-13(8-14(10)19)16-9-17-15(12)18-11-5-3-2-4-6-11/h2-9,19H,1H3,(H,16,17,18). The number of hydrogen-bond acceptors (Lipinski definition) is 4. The minimum absolute atomic E-state index is 0.247. The fraction of sp³-hybridized carbons (Fsp3) is 0.0667. The van der Waals surface area contributed by atoms with Crippen LogP contribution >= 0.6 is 0 Å². The van der Waals surface area contributed by atoms with Crippen LogP contribution in [0.2, 0.25) is 0 Å². The number of benzene rings is 2. The van der Waals surface area contributed by atoms with Crippen molar-refractivity contribution in [1.82, 2.24) is 9.97 Å². The van der Waals surface area contributed by atoms with Gasteiger partial charge in [0, 0.05) is 17.1 Å². The fourth-order valence-corrected chi connectivity index (χ4v) is 1.96. The van der Waals surface area contributed by atoms with Crippen molar-refractivity contribution in [2.75, 3.05) is 5.32 Å². The molecule has 3 aromatic rings. The molecule has 0 aliphatic carbocycles. The molecule has 1 aromatic heterocycles. The van der Waals surface area contributed by atoms with Crippen molar-refractivity contribution < 1.29 is 5.11 Å². The van der Waals surface area contributed by atoms with Crippen molar-refractivity contribution in [3.8, 4) is 5.75 Å². The maximum atomic E-state index is 9.72. The number of aromatic nitrogens is 2. The minimum atomic E-state index is 0.247. The predicted octanol–water partition coefficient (Wildman–Crippen LogP) is 3.39. The van der Waals surface area contributed by atoms with E-state index in [1.807, 2.05) is 43.3 Å². The van der Waals surface area contributed by atoms with Crippen LogP contribution in [0.3, 0.4) is 0 Å². The summed E-state index contributed by atoms with van der Waals surface area (Å²) in [7, 11) is 0. The Hall–Kier alpha value is -2.62. The van der Waals surface area contributed by atoms with Crippen molar-refractivity contribution in [2.24, 2.45) is 0 Å². The third-order valence-corrected chi connectivity index (χ3v) is 2.99. The van der Waals surface area contributed by atoms with Gasteiger partial charge in [0.2, 0.25) is 0 Å². The zero-order valence-corrected chi connectivity index (χ0v) is 10.5. The molecule has 0 saturated carbocycles. The Labute approximate surface area is 110 Å². The molecular formula is C15H13N3O. The van der Waals surface area contributed by atoms with E-state index in [0.717, 1.165) is 28.0 Å². The van der Waals surface area contributed by atoms with E-state index in [9.17, 15) is 5.11 Å². The number of aryl methyl sites for hydroxylation is 1. The average molecular weight is 251 g/mol. The highest BCUT2D eigenvalue weighted by atomic mass is 16.3. The molecule has 0 aliphatic rings. The number of phenols is 1. The Morgan fingerprint density at radius 1 is 1.05 bits per heavy atom. The first kappa shape index (κ1) is 11.5. The number of anilines is 2. The highest BCUT2D eigenvalue weighted by molar-refractivity contribution is 5.92. The number of phenolic OH excluding ortho intramolecular Hbond substituents is 1. The zero-order chi connectivity index (χ0) is 13.2. The monoisotopic (exact) mass is 251 g/mol. The Morgan fingerprint density at radius 3 is 2.63 bits per heavy atom. The molecule has 4 heteroatoms. The van der Waals surface area contributed by atoms with Gasteiger partial charge in [0.05, 0.1) is 5.52 Å². The normalized spacial score (nSPS) is 10.6. The number of aromatic hydroxyl groups is 1. The predicted molar refractivity (Wildman–Crippen MR) is 75.7 cm³/mol. The molecule has 1 heterocycles. The first-order valence-electron chi connectivity index (χ1n) is 6.00. The third kappa shape index (κ3) is 2.20. The molecule has 2 aromatic carbocycles. The largest absolute Gasteiger partial charge is 0.508 e. The Morgan fingerprint density at radius 2 is 1.84 bits per heavy atom. The van der Waals surface area contributed by atoms with Crippen molar-refractivity contribution >= 4 is 22.4 Å². The summed E-state index contributed by atoms with van der Waals surface area (Å²) in [5.41, 5.74) is 2.49. The van der Waals surface area contributed by atoms with Gasteiger partial charge in [0.25, 0.3) is 0 Å². The minimum Gasteiger partial charge on any atom is -0.508 e. The molecular weight excluding hydrogens is 238 g/mol. The van der Waals surface area contributed by atoms with Gasteiger partial charge < -0.3 is 10.4 Å². The molecule has 0 amide bonds. The fourth-order valence-electron chi connectivity index (χ4n) is 1.96. The van der Waals surface area contributed by atoms with Gasteiger partial charge in [-0.05, 0) is 30.7 Å². The summed E-state index contributed by atoms with van der Waals surface area (Å²) in [4.78, 5) is 8.44. The SMILES string of the molecule is Cc1cc2c(Nc3ccccc3)ncnc2cc1O. The second kappa shape index (κ2) is 4.57. The first-order chi connectivity index (χ1) is 9.24. The number of para-hydroxylation sites is 1. The van der Waals surface area contributed by atoms with Gasteiger partial charge in [-0.1, -0.05) is 18.2 Å². The van der Waals surface area contributed by atoms with E-state index in [1.165, 1.54) is 6.33 Å². The van der Waals surface area contributed by atoms with Crippen LogP contribution in [0, 0.1) is 6.92 Å². The molecule has 4 nitrogen and oxygen atoms in total. The molecule has 0 bridgehead atoms. The molecule has 0 aliphatic heterocycles. The second-order valence-electron chi connectivity index (χ2n) is 4.37. The van der Waals surface area contributed by atoms with Gasteiger partial charge in [-0.3, -0.25) is 0 Å². The number of nitrogens with one attached hydrogen (secondary N) is 1. The van der Waals surface area contributed by atoms with E-state index in [0.29, 0.717) is 0 Å². The summed E-state index contributed by atoms with van der Waals surface area (Å²) in [5, 5.41) is 13.9. The summed E-state index contributed by atoms with van der Waals surface area (Å²) in [6, 6.07) is 13.4. The van der Waals surface area contributed by atoms with Crippen LogP contribution < -0.4 is 5.32 Å². The maximum absolute atomic E-state index is 9.72. The maximum Gasteiger partial charge on any atom is 0.141 e. The summed E-state index contributed by atoms with van der Waals surface area (Å²) in [5.74, 6) is 0.983. The lowest BCUT2D eigenvalue weighted by Crippen LogP contribution is -1.96. The highest BCUT2D eigenvalue weighted by Gasteiger charge is 2.07. The molecule has 0 radical (unpaired) electrons. The number of fused-ring (bicyclic) bond motifs is 1. The molecule has 0 unspecified atom stereocenters. The molecule has 3 rings (SSSR count). The first-order valence-corrected chi connectivity index (χ1v) is 6.00. The Bertz CT molecular complexity index is 726. The molecule has 0 spiro atoms. The van der Waals surface area contributed by atoms with Gasteiger partial charge in [-0.2, -0.15) is 0 Å². The van der Waals surface area contributed by atoms with Gasteiger partial charge in [0.15, 0.2) is 0 Å². The number of nitrogens with zero attached hydrogens (tertiary/aromatic N) is 2. The molecule has 2 N–H and O–H groups in total. The van der Waals surface area contributed by atoms with Crippen LogP contribution in [0.25, 0.3) is 10.9 Å². The highest BCUT2D eigenvalue weighted by Crippen LogP contribution is 2.28. The summed E-state index contributed by atoms with van der Waals surface area (Å²) >= 11 is 0. The Balaban J connectivity index is 2.11. The van der Waals surface area contributed by atoms with Gasteiger partial charge >= 0.3 is 0 Å². The van der Waals surface area contributed by atoms with Crippen LogP contribution in [-0.4, -0.2) is 15.1 Å². The zero-order valence-electron chi connectivity index (χ0n) is 10.5. The Kier molecular flexibility index (Phi) is 2.76. The van der Waals surface area contributed by atoms with Crippen molar-refractivity contribution in [3.63, 3.8) is 0 Å². The van der Waals surface area contributed by atoms with Crippen LogP contribution in [-0.2, 0) is 0 Å². The number of rotatable bonds is 2. The lowest BCUT2D eigenvalue weighted by Gasteiger charge is -2.09. The van der Waals surface area contributed by atoms with Crippen LogP contribution in [0.4, 0.5) is 11.5 Å². The van der Waals surface area contributed by atoms with Crippen LogP contribution in [0.15, 0.2) is 48.8 Å². The van der Waals surface area contributed by atoms with Crippen molar-refractivity contribution in [1.29, 1.82) is 0 Å². The third-order valence-electron chi connectivity index (χ3n) is 2.99. The smallest absolute Gasteiger partial charge is 0.141 e. The lowest BCUT2D eigenvalue weighted by atomic mass is 10.1. The van der Waals surface area contributed by atoms with Gasteiger partial charge in [-0.25, -0.2) is 9.97 Å². The summed E-state index contributed by atoms with van der Waals surface area (Å²) in [6.45, 7) is 1.86. The lowest BCUT2D eigenvalue weighted by molar-refractivity contribution is 0.472. The molecule has 19 heavy (non-hydrogen) atoms. The average Bonchev–Trinajstić information content (AvgIpc) is 2.42. The topological polar surface area (TPSA) is 58.0 Å². The molecule has 0 saturated heterocycles. The summed E-state index contributed by atoms with van der Waals surface area (Å²) in [6.07, 6.45) is 1.49. The second-order valence-corrected chi connectivity index (χ2v) is 4.37. The van der Waals surface area contributed by atoms with E-state index < -0.39 is 0 Å². The quantitative estimate of drug-likeness (QED) is 0.733. The van der Waals surface area contributed by atoms with Gasteiger partial charge in [-0.15, -0.1) is 0 Å². The van der Waals surface area contributed by atoms with Crippen LogP contribution in [0.1, 0.15) is 5.56 Å². The number of hydrogen-bond donors (Lipinski definition) is 2. The van der Waals surface area contributed by atoms with E-state index >= 15 is 0 Å². The molecule has 94 valence electrons. The molecule has 0 fully saturated rings. The van der Waals surface area contributed by atoms with E-state index in [4.69, 9.17) is 0 Å². The van der Waals surface area contributed by atoms with Crippen LogP contribution in [0.5, 0.6) is 5.75 Å².